The molecule has 2 amide bonds. The molecule has 4 rings (SSSR count). The van der Waals surface area contributed by atoms with E-state index in [9.17, 15) is 14.7 Å². The lowest BCUT2D eigenvalue weighted by molar-refractivity contribution is -0.905. The highest BCUT2D eigenvalue weighted by molar-refractivity contribution is 6.08. The molecule has 2 fully saturated rings. The molecule has 0 radical (unpaired) electrons. The van der Waals surface area contributed by atoms with Crippen LogP contribution in [0.3, 0.4) is 0 Å². The molecule has 2 aromatic rings. The second-order valence-corrected chi connectivity index (χ2v) is 11.0. The number of anilines is 2. The summed E-state index contributed by atoms with van der Waals surface area (Å²) >= 11 is 0. The first-order chi connectivity index (χ1) is 16.6. The van der Waals surface area contributed by atoms with E-state index in [0.717, 1.165) is 57.7 Å². The highest BCUT2D eigenvalue weighted by Crippen LogP contribution is 2.37. The third kappa shape index (κ3) is 7.69. The van der Waals surface area contributed by atoms with E-state index in [2.05, 4.69) is 48.6 Å². The Labute approximate surface area is 232 Å². The van der Waals surface area contributed by atoms with Gasteiger partial charge in [0.05, 0.1) is 51.6 Å². The topological polar surface area (TPSA) is 84.9 Å². The van der Waals surface area contributed by atoms with Crippen molar-refractivity contribution in [2.24, 2.45) is 0 Å². The van der Waals surface area contributed by atoms with Gasteiger partial charge in [0.2, 0.25) is 0 Å². The largest absolute Gasteiger partial charge is 1.00 e. The zero-order chi connectivity index (χ0) is 25.2. The Morgan fingerprint density at radius 3 is 1.73 bits per heavy atom. The van der Waals surface area contributed by atoms with Crippen molar-refractivity contribution >= 4 is 34.0 Å². The van der Waals surface area contributed by atoms with Gasteiger partial charge in [-0.2, -0.15) is 0 Å². The van der Waals surface area contributed by atoms with Crippen LogP contribution in [0.1, 0.15) is 0 Å². The van der Waals surface area contributed by atoms with E-state index in [-0.39, 0.29) is 42.4 Å². The second kappa shape index (κ2) is 12.6. The summed E-state index contributed by atoms with van der Waals surface area (Å²) in [5.41, 5.74) is 0.919. The van der Waals surface area contributed by atoms with Crippen LogP contribution < -0.4 is 35.4 Å². The molecular formula is C26H40Cl2N6O3. The average molecular weight is 556 g/mol. The Kier molecular flexibility index (Phi) is 10.6. The number of phenolic OH excluding ortho intramolecular Hbond substituents is 1. The van der Waals surface area contributed by atoms with Crippen LogP contribution in [0.15, 0.2) is 30.3 Å². The van der Waals surface area contributed by atoms with E-state index in [0.29, 0.717) is 38.8 Å². The molecule has 2 aliphatic heterocycles. The first-order valence-electron chi connectivity index (χ1n) is 12.4. The van der Waals surface area contributed by atoms with Gasteiger partial charge in [-0.25, -0.2) is 0 Å². The predicted molar refractivity (Wildman–Crippen MR) is 139 cm³/mol. The number of likely N-dealkylation sites (N-methyl/N-ethyl adjacent to an activating group) is 4. The number of amides is 2. The van der Waals surface area contributed by atoms with Crippen molar-refractivity contribution in [1.82, 2.24) is 9.80 Å². The number of nitrogens with zero attached hydrogens (tertiary/aromatic N) is 4. The van der Waals surface area contributed by atoms with Gasteiger partial charge in [0.25, 0.3) is 11.8 Å². The molecular weight excluding hydrogens is 515 g/mol. The summed E-state index contributed by atoms with van der Waals surface area (Å²) in [6.07, 6.45) is 0. The van der Waals surface area contributed by atoms with Crippen LogP contribution in [0.5, 0.6) is 5.75 Å². The van der Waals surface area contributed by atoms with E-state index >= 15 is 0 Å². The van der Waals surface area contributed by atoms with Crippen LogP contribution in [0.25, 0.3) is 10.8 Å². The predicted octanol–water partition coefficient (Wildman–Crippen LogP) is -4.79. The van der Waals surface area contributed by atoms with Gasteiger partial charge in [0, 0.05) is 31.6 Å². The number of quaternary nitrogens is 2. The van der Waals surface area contributed by atoms with Crippen molar-refractivity contribution in [1.29, 1.82) is 0 Å². The Morgan fingerprint density at radius 2 is 1.24 bits per heavy atom. The maximum Gasteiger partial charge on any atom is 0.279 e. The fraction of sp³-hybridized carbons (Fsp3) is 0.538. The van der Waals surface area contributed by atoms with Crippen molar-refractivity contribution in [2.75, 3.05) is 104 Å². The third-order valence-electron chi connectivity index (χ3n) is 7.70. The van der Waals surface area contributed by atoms with E-state index in [1.165, 1.54) is 0 Å². The molecule has 11 heteroatoms. The van der Waals surface area contributed by atoms with Crippen LogP contribution in [0, 0.1) is 0 Å². The number of rotatable bonds is 6. The second-order valence-electron chi connectivity index (χ2n) is 11.0. The van der Waals surface area contributed by atoms with Crippen LogP contribution >= 0.6 is 0 Å². The third-order valence-corrected chi connectivity index (χ3v) is 7.70. The van der Waals surface area contributed by atoms with Crippen molar-refractivity contribution in [3.8, 4) is 5.75 Å². The van der Waals surface area contributed by atoms with Gasteiger partial charge in [0.15, 0.2) is 13.1 Å². The molecule has 0 spiro atoms. The number of nitrogens with one attached hydrogen (secondary N) is 2. The molecule has 0 unspecified atom stereocenters. The number of fused-ring (bicyclic) bond motifs is 1. The summed E-state index contributed by atoms with van der Waals surface area (Å²) in [4.78, 5) is 30.4. The lowest BCUT2D eigenvalue weighted by atomic mass is 10.1. The lowest BCUT2D eigenvalue weighted by Gasteiger charge is -2.40. The van der Waals surface area contributed by atoms with Gasteiger partial charge in [-0.05, 0) is 31.6 Å². The molecule has 2 aliphatic rings. The fourth-order valence-electron chi connectivity index (χ4n) is 5.05. The quantitative estimate of drug-likeness (QED) is 0.246. The minimum absolute atomic E-state index is 0. The maximum atomic E-state index is 13.0. The highest BCUT2D eigenvalue weighted by Gasteiger charge is 2.31. The molecule has 2 heterocycles. The minimum Gasteiger partial charge on any atom is -1.00 e. The Bertz CT molecular complexity index is 1100. The van der Waals surface area contributed by atoms with Gasteiger partial charge in [0.1, 0.15) is 5.75 Å². The number of hydrogen-bond acceptors (Lipinski definition) is 5. The molecule has 9 nitrogen and oxygen atoms in total. The van der Waals surface area contributed by atoms with Crippen LogP contribution in [0.2, 0.25) is 0 Å². The number of piperazine rings is 2. The van der Waals surface area contributed by atoms with Crippen molar-refractivity contribution < 1.29 is 48.5 Å². The van der Waals surface area contributed by atoms with E-state index in [4.69, 9.17) is 0 Å². The first-order valence-corrected chi connectivity index (χ1v) is 12.4. The molecule has 0 saturated carbocycles. The molecule has 37 heavy (non-hydrogen) atoms. The number of aromatic hydroxyl groups is 1. The number of carbonyl (C=O) groups excluding carboxylic acids is 2. The number of phenols is 1. The maximum absolute atomic E-state index is 13.0. The molecule has 0 atom stereocenters. The van der Waals surface area contributed by atoms with Crippen LogP contribution in [0.4, 0.5) is 11.4 Å². The monoisotopic (exact) mass is 554 g/mol. The molecule has 2 saturated heterocycles. The summed E-state index contributed by atoms with van der Waals surface area (Å²) in [6.45, 7) is 8.28. The normalized spacial score (nSPS) is 19.4. The van der Waals surface area contributed by atoms with E-state index < -0.39 is 0 Å². The van der Waals surface area contributed by atoms with Crippen LogP contribution in [-0.4, -0.2) is 129 Å². The fourth-order valence-corrected chi connectivity index (χ4v) is 5.05. The zero-order valence-corrected chi connectivity index (χ0v) is 23.8. The standard InChI is InChI=1S/C26H38N6O3.2ClH/c1-29-10-14-31(3,15-11-29)18-23(33)27-21-7-5-6-20-8-9-22(26(35)25(20)21)28-24(34)19-32(4)16-12-30(2)13-17-32;;/h5-9H,10-19H2,1-4H3,(H-2,27,28,33,34,35);2*1H. The molecule has 0 aliphatic carbocycles. The van der Waals surface area contributed by atoms with Crippen molar-refractivity contribution in [2.45, 2.75) is 0 Å². The number of halogens is 2. The average Bonchev–Trinajstić information content (AvgIpc) is 2.80. The van der Waals surface area contributed by atoms with E-state index in [1.54, 1.807) is 12.1 Å². The number of carbonyl (C=O) groups is 2. The van der Waals surface area contributed by atoms with Crippen LogP contribution in [-0.2, 0) is 9.59 Å². The van der Waals surface area contributed by atoms with E-state index in [1.807, 2.05) is 18.2 Å². The number of hydrogen-bond donors (Lipinski definition) is 3. The number of benzene rings is 2. The van der Waals surface area contributed by atoms with Gasteiger partial charge in [-0.1, -0.05) is 18.2 Å². The summed E-state index contributed by atoms with van der Waals surface area (Å²) in [5, 5.41) is 18.4. The first kappa shape index (κ1) is 31.1. The molecule has 0 bridgehead atoms. The van der Waals surface area contributed by atoms with Gasteiger partial charge >= 0.3 is 0 Å². The minimum atomic E-state index is -0.124. The Balaban J connectivity index is 0.00000241. The summed E-state index contributed by atoms with van der Waals surface area (Å²) in [7, 11) is 8.42. The lowest BCUT2D eigenvalue weighted by Crippen LogP contribution is -3.00. The molecule has 0 aromatic heterocycles. The van der Waals surface area contributed by atoms with Crippen molar-refractivity contribution in [3.05, 3.63) is 30.3 Å². The smallest absolute Gasteiger partial charge is 0.279 e. The van der Waals surface area contributed by atoms with Crippen molar-refractivity contribution in [3.63, 3.8) is 0 Å². The van der Waals surface area contributed by atoms with Gasteiger partial charge in [-0.15, -0.1) is 0 Å². The zero-order valence-electron chi connectivity index (χ0n) is 22.3. The molecule has 206 valence electrons. The summed E-state index contributed by atoms with van der Waals surface area (Å²) in [5.74, 6) is -0.223. The molecule has 3 N–H and O–H groups in total. The summed E-state index contributed by atoms with van der Waals surface area (Å²) < 4.78 is 1.37. The van der Waals surface area contributed by atoms with Gasteiger partial charge < -0.3 is 49.5 Å². The van der Waals surface area contributed by atoms with Gasteiger partial charge in [-0.3, -0.25) is 19.4 Å². The molecule has 2 aromatic carbocycles. The summed E-state index contributed by atoms with van der Waals surface area (Å²) in [6, 6.07) is 9.13. The highest BCUT2D eigenvalue weighted by atomic mass is 35.5. The Morgan fingerprint density at radius 1 is 0.784 bits per heavy atom. The Hall–Kier alpha value is -2.14. The SMILES string of the molecule is CN1CC[N+](C)(CC(=O)Nc2ccc3cccc(NC(=O)C[N+]4(C)CCN(C)CC4)c3c2O)CC1.[Cl-].[Cl-].